The van der Waals surface area contributed by atoms with Gasteiger partial charge in [-0.2, -0.15) is 0 Å². The third-order valence-corrected chi connectivity index (χ3v) is 10.5. The zero-order chi connectivity index (χ0) is 38.7. The number of rotatable bonds is 12. The van der Waals surface area contributed by atoms with Gasteiger partial charge < -0.3 is 25.4 Å². The van der Waals surface area contributed by atoms with E-state index in [1.807, 2.05) is 36.4 Å². The van der Waals surface area contributed by atoms with E-state index in [9.17, 15) is 24.3 Å². The van der Waals surface area contributed by atoms with Crippen LogP contribution in [0.4, 0.5) is 4.79 Å². The first-order chi connectivity index (χ1) is 25.9. The van der Waals surface area contributed by atoms with E-state index in [-0.39, 0.29) is 48.9 Å². The van der Waals surface area contributed by atoms with Crippen molar-refractivity contribution < 1.29 is 24.2 Å². The Morgan fingerprint density at radius 3 is 2.35 bits per heavy atom. The van der Waals surface area contributed by atoms with Gasteiger partial charge in [-0.3, -0.25) is 23.7 Å². The van der Waals surface area contributed by atoms with Crippen molar-refractivity contribution in [3.63, 3.8) is 0 Å². The number of amides is 3. The van der Waals surface area contributed by atoms with Crippen LogP contribution in [0.5, 0.6) is 5.88 Å². The van der Waals surface area contributed by atoms with E-state index in [1.54, 1.807) is 56.4 Å². The number of ether oxygens (including phenoxy) is 1. The number of nitrogens with zero attached hydrogens (tertiary/aromatic N) is 5. The number of aromatic nitrogens is 3. The van der Waals surface area contributed by atoms with Gasteiger partial charge in [0.2, 0.25) is 17.7 Å². The molecule has 1 fully saturated rings. The molecule has 54 heavy (non-hydrogen) atoms. The van der Waals surface area contributed by atoms with Gasteiger partial charge in [0.25, 0.3) is 5.56 Å². The van der Waals surface area contributed by atoms with Crippen LogP contribution < -0.4 is 20.9 Å². The fourth-order valence-corrected chi connectivity index (χ4v) is 7.18. The highest BCUT2D eigenvalue weighted by molar-refractivity contribution is 6.39. The fourth-order valence-electron chi connectivity index (χ4n) is 6.52. The molecule has 4 heterocycles. The molecule has 280 valence electrons. The van der Waals surface area contributed by atoms with Gasteiger partial charge in [-0.1, -0.05) is 59.6 Å². The quantitative estimate of drug-likeness (QED) is 0.144. The second kappa shape index (κ2) is 16.3. The van der Waals surface area contributed by atoms with E-state index in [1.165, 1.54) is 22.6 Å². The molecule has 13 nitrogen and oxygen atoms in total. The highest BCUT2D eigenvalue weighted by atomic mass is 35.5. The fraction of sp³-hybridized carbons (Fsp3) is 0.282. The van der Waals surface area contributed by atoms with Crippen molar-refractivity contribution in [2.75, 3.05) is 27.7 Å². The summed E-state index contributed by atoms with van der Waals surface area (Å²) in [5.41, 5.74) is 5.13. The van der Waals surface area contributed by atoms with Gasteiger partial charge in [0.05, 0.1) is 41.0 Å². The highest BCUT2D eigenvalue weighted by Crippen LogP contribution is 2.42. The molecule has 0 unspecified atom stereocenters. The zero-order valence-corrected chi connectivity index (χ0v) is 31.6. The van der Waals surface area contributed by atoms with Gasteiger partial charge in [-0.15, -0.1) is 0 Å². The van der Waals surface area contributed by atoms with Crippen LogP contribution in [0.1, 0.15) is 30.9 Å². The first kappa shape index (κ1) is 38.2. The third kappa shape index (κ3) is 7.88. The van der Waals surface area contributed by atoms with Crippen LogP contribution in [-0.2, 0) is 22.7 Å². The Kier molecular flexibility index (Phi) is 11.5. The second-order valence-corrected chi connectivity index (χ2v) is 13.9. The highest BCUT2D eigenvalue weighted by Gasteiger charge is 2.27. The first-order valence-electron chi connectivity index (χ1n) is 17.2. The Hall–Kier alpha value is -5.50. The Bertz CT molecular complexity index is 2320. The molecule has 3 aromatic heterocycles. The number of nitrogens with one attached hydrogen (secondary N) is 2. The molecular formula is C39H39Cl2N7O6. The molecule has 0 spiro atoms. The van der Waals surface area contributed by atoms with Crippen molar-refractivity contribution in [1.82, 2.24) is 34.8 Å². The minimum atomic E-state index is -1.12. The lowest BCUT2D eigenvalue weighted by atomic mass is 9.97. The van der Waals surface area contributed by atoms with E-state index >= 15 is 0 Å². The minimum Gasteiger partial charge on any atom is -0.481 e. The number of carbonyl (C=O) groups excluding carboxylic acids is 2. The van der Waals surface area contributed by atoms with Gasteiger partial charge in [0.15, 0.2) is 0 Å². The number of fused-ring (bicyclic) bond motifs is 1. The molecule has 0 saturated carbocycles. The standard InChI is InChI=1S/C39H39Cl2N7O6/c1-22(36(50)42-2)46(3)19-25-18-43-32-17-23(15-16-48(32)38(25)51)27-7-5-8-28(34(27)40)29-9-6-10-30(35(29)41)31-13-11-24(37(45-31)54-4)20-47(39(52)53)21-26-12-14-33(49)44-26/h5-11,13,15-18,22,26H,12,14,19-21H2,1-4H3,(H,42,50)(H,44,49)(H,52,53)/t22-,26-/m0/s1. The number of hydrogen-bond acceptors (Lipinski definition) is 8. The number of carbonyl (C=O) groups is 3. The van der Waals surface area contributed by atoms with E-state index in [2.05, 4.69) is 15.6 Å². The third-order valence-electron chi connectivity index (χ3n) is 9.65. The number of hydrogen-bond donors (Lipinski definition) is 3. The van der Waals surface area contributed by atoms with Crippen molar-refractivity contribution >= 4 is 46.8 Å². The Morgan fingerprint density at radius 1 is 1.02 bits per heavy atom. The largest absolute Gasteiger partial charge is 0.481 e. The molecule has 1 saturated heterocycles. The summed E-state index contributed by atoms with van der Waals surface area (Å²) >= 11 is 14.2. The van der Waals surface area contributed by atoms with Crippen LogP contribution in [-0.4, -0.2) is 87.0 Å². The summed E-state index contributed by atoms with van der Waals surface area (Å²) in [5.74, 6) is 0.0115. The van der Waals surface area contributed by atoms with E-state index in [0.29, 0.717) is 67.6 Å². The summed E-state index contributed by atoms with van der Waals surface area (Å²) in [5, 5.41) is 16.1. The lowest BCUT2D eigenvalue weighted by Crippen LogP contribution is -2.42. The molecule has 2 atom stereocenters. The second-order valence-electron chi connectivity index (χ2n) is 13.1. The smallest absolute Gasteiger partial charge is 0.407 e. The van der Waals surface area contributed by atoms with Crippen molar-refractivity contribution in [1.29, 1.82) is 0 Å². The first-order valence-corrected chi connectivity index (χ1v) is 18.0. The molecule has 3 amide bonds. The molecule has 2 aromatic carbocycles. The topological polar surface area (TPSA) is 158 Å². The van der Waals surface area contributed by atoms with Gasteiger partial charge in [-0.05, 0) is 50.2 Å². The Morgan fingerprint density at radius 2 is 1.70 bits per heavy atom. The molecule has 1 aliphatic heterocycles. The number of likely N-dealkylation sites (N-methyl/N-ethyl adjacent to an activating group) is 2. The lowest BCUT2D eigenvalue weighted by molar-refractivity contribution is -0.125. The molecule has 15 heteroatoms. The van der Waals surface area contributed by atoms with Crippen LogP contribution in [0.2, 0.25) is 10.0 Å². The normalized spacial score (nSPS) is 14.6. The van der Waals surface area contributed by atoms with Gasteiger partial charge in [0, 0.05) is 72.8 Å². The van der Waals surface area contributed by atoms with Crippen LogP contribution in [0.3, 0.4) is 0 Å². The summed E-state index contributed by atoms with van der Waals surface area (Å²) < 4.78 is 7.06. The van der Waals surface area contributed by atoms with Crippen molar-refractivity contribution in [3.05, 3.63) is 105 Å². The molecule has 1 aliphatic rings. The number of benzene rings is 2. The minimum absolute atomic E-state index is 0.0180. The predicted molar refractivity (Wildman–Crippen MR) is 207 cm³/mol. The van der Waals surface area contributed by atoms with Crippen LogP contribution >= 0.6 is 23.2 Å². The van der Waals surface area contributed by atoms with E-state index in [4.69, 9.17) is 32.9 Å². The number of carboxylic acid groups (broad SMARTS) is 1. The lowest BCUT2D eigenvalue weighted by Gasteiger charge is -2.23. The maximum atomic E-state index is 13.4. The summed E-state index contributed by atoms with van der Waals surface area (Å²) in [6.07, 6.45) is 3.02. The number of halogens is 2. The molecule has 0 radical (unpaired) electrons. The summed E-state index contributed by atoms with van der Waals surface area (Å²) in [4.78, 5) is 61.4. The summed E-state index contributed by atoms with van der Waals surface area (Å²) in [6.45, 7) is 2.18. The van der Waals surface area contributed by atoms with E-state index < -0.39 is 12.1 Å². The Balaban J connectivity index is 1.27. The van der Waals surface area contributed by atoms with Gasteiger partial charge >= 0.3 is 6.09 Å². The maximum absolute atomic E-state index is 13.4. The van der Waals surface area contributed by atoms with Gasteiger partial charge in [0.1, 0.15) is 5.65 Å². The maximum Gasteiger partial charge on any atom is 0.407 e. The molecule has 0 aliphatic carbocycles. The van der Waals surface area contributed by atoms with Crippen molar-refractivity contribution in [2.45, 2.75) is 44.9 Å². The average molecular weight is 773 g/mol. The molecule has 0 bridgehead atoms. The van der Waals surface area contributed by atoms with Crippen LogP contribution in [0.15, 0.2) is 77.9 Å². The molecule has 3 N–H and O–H groups in total. The zero-order valence-electron chi connectivity index (χ0n) is 30.1. The monoisotopic (exact) mass is 771 g/mol. The average Bonchev–Trinajstić information content (AvgIpc) is 3.59. The van der Waals surface area contributed by atoms with E-state index in [0.717, 1.165) is 5.56 Å². The SMILES string of the molecule is CNC(=O)[C@H](C)N(C)Cc1cnc2cc(-c3cccc(-c4cccc(-c5ccc(CN(C[C@@H]6CCC(=O)N6)C(=O)O)c(OC)n5)c4Cl)c3Cl)ccn2c1=O. The van der Waals surface area contributed by atoms with Crippen molar-refractivity contribution in [3.8, 4) is 39.4 Å². The Labute approximate surface area is 321 Å². The summed E-state index contributed by atoms with van der Waals surface area (Å²) in [7, 11) is 4.81. The molecule has 5 aromatic rings. The van der Waals surface area contributed by atoms with Gasteiger partial charge in [-0.25, -0.2) is 14.8 Å². The predicted octanol–water partition coefficient (Wildman–Crippen LogP) is 5.73. The van der Waals surface area contributed by atoms with Crippen LogP contribution in [0, 0.1) is 0 Å². The molecule has 6 rings (SSSR count). The summed E-state index contributed by atoms with van der Waals surface area (Å²) in [6, 6.07) is 17.6. The van der Waals surface area contributed by atoms with Crippen LogP contribution in [0.25, 0.3) is 39.2 Å². The van der Waals surface area contributed by atoms with Crippen molar-refractivity contribution in [2.24, 2.45) is 0 Å². The number of pyridine rings is 2. The molecular weight excluding hydrogens is 733 g/mol. The number of methoxy groups -OCH3 is 1.